The highest BCUT2D eigenvalue weighted by Gasteiger charge is 2.17. The minimum Gasteiger partial charge on any atom is -0.357 e. The number of hydrogen-bond acceptors (Lipinski definition) is 3. The van der Waals surface area contributed by atoms with Gasteiger partial charge in [-0.3, -0.25) is 0 Å². The fourth-order valence-electron chi connectivity index (χ4n) is 1.11. The maximum Gasteiger partial charge on any atom is 0.208 e. The zero-order chi connectivity index (χ0) is 10.5. The van der Waals surface area contributed by atoms with Crippen LogP contribution in [0.1, 0.15) is 0 Å². The van der Waals surface area contributed by atoms with E-state index in [4.69, 9.17) is 5.26 Å². The van der Waals surface area contributed by atoms with Crippen molar-refractivity contribution < 1.29 is 0 Å². The Morgan fingerprint density at radius 1 is 1.54 bits per heavy atom. The van der Waals surface area contributed by atoms with E-state index in [2.05, 4.69) is 29.5 Å². The molecule has 13 heavy (non-hydrogen) atoms. The number of amidine groups is 1. The summed E-state index contributed by atoms with van der Waals surface area (Å²) in [5, 5.41) is 9.26. The van der Waals surface area contributed by atoms with Crippen molar-refractivity contribution in [2.75, 3.05) is 19.5 Å². The average molecular weight is 215 g/mol. The summed E-state index contributed by atoms with van der Waals surface area (Å²) >= 11 is 1.52. The summed E-state index contributed by atoms with van der Waals surface area (Å²) < 4.78 is 0. The van der Waals surface area contributed by atoms with Gasteiger partial charge in [-0.2, -0.15) is 5.26 Å². The van der Waals surface area contributed by atoms with Gasteiger partial charge in [0.25, 0.3) is 0 Å². The number of rotatable bonds is 2. The second-order valence-corrected chi connectivity index (χ2v) is 10.3. The Morgan fingerprint density at radius 3 is 2.38 bits per heavy atom. The number of thioether (sulfide) groups is 1. The molecule has 0 aromatic carbocycles. The van der Waals surface area contributed by atoms with Crippen LogP contribution < -0.4 is 0 Å². The van der Waals surface area contributed by atoms with Crippen molar-refractivity contribution in [2.24, 2.45) is 4.99 Å². The Bertz CT molecular complexity index is 227. The van der Waals surface area contributed by atoms with E-state index >= 15 is 0 Å². The van der Waals surface area contributed by atoms with Gasteiger partial charge in [-0.1, -0.05) is 31.4 Å². The predicted molar refractivity (Wildman–Crippen MR) is 62.5 cm³/mol. The second-order valence-electron chi connectivity index (χ2n) is 4.12. The van der Waals surface area contributed by atoms with Gasteiger partial charge in [-0.15, -0.1) is 4.99 Å². The third-order valence-corrected chi connectivity index (χ3v) is 3.56. The minimum absolute atomic E-state index is 0.810. The summed E-state index contributed by atoms with van der Waals surface area (Å²) in [6, 6.07) is 0. The van der Waals surface area contributed by atoms with E-state index in [-0.39, 0.29) is 0 Å². The standard InChI is InChI=1S/C8H17N3SSi/c1-11(7-13(3,4)5)8(12-2)10-6-9/h7H2,1-5H3. The maximum absolute atomic E-state index is 8.45. The number of nitriles is 1. The molecule has 0 aromatic heterocycles. The molecular weight excluding hydrogens is 198 g/mol. The van der Waals surface area contributed by atoms with Crippen molar-refractivity contribution in [3.05, 3.63) is 0 Å². The lowest BCUT2D eigenvalue weighted by Gasteiger charge is -2.26. The lowest BCUT2D eigenvalue weighted by Crippen LogP contribution is -2.40. The molecule has 0 aliphatic rings. The molecule has 0 amide bonds. The van der Waals surface area contributed by atoms with Crippen LogP contribution in [-0.2, 0) is 0 Å². The number of nitrogens with zero attached hydrogens (tertiary/aromatic N) is 3. The molecule has 0 aliphatic carbocycles. The van der Waals surface area contributed by atoms with Crippen molar-refractivity contribution in [2.45, 2.75) is 19.6 Å². The molecule has 0 aromatic rings. The Morgan fingerprint density at radius 2 is 2.08 bits per heavy atom. The van der Waals surface area contributed by atoms with E-state index in [9.17, 15) is 0 Å². The average Bonchev–Trinajstić information content (AvgIpc) is 1.96. The molecule has 74 valence electrons. The predicted octanol–water partition coefficient (Wildman–Crippen LogP) is 2.00. The highest BCUT2D eigenvalue weighted by Crippen LogP contribution is 2.08. The topological polar surface area (TPSA) is 39.4 Å². The zero-order valence-corrected chi connectivity index (χ0v) is 10.8. The van der Waals surface area contributed by atoms with Crippen molar-refractivity contribution in [3.63, 3.8) is 0 Å². The van der Waals surface area contributed by atoms with E-state index in [1.807, 2.05) is 19.5 Å². The molecule has 0 spiro atoms. The summed E-state index contributed by atoms with van der Waals surface area (Å²) in [7, 11) is 0.885. The SMILES string of the molecule is CSC(=NC#N)N(C)C[Si](C)(C)C. The molecule has 0 aliphatic heterocycles. The van der Waals surface area contributed by atoms with Gasteiger partial charge in [0.1, 0.15) is 0 Å². The van der Waals surface area contributed by atoms with E-state index in [1.54, 1.807) is 0 Å². The monoisotopic (exact) mass is 215 g/mol. The molecule has 0 radical (unpaired) electrons. The largest absolute Gasteiger partial charge is 0.357 e. The van der Waals surface area contributed by atoms with Gasteiger partial charge >= 0.3 is 0 Å². The molecule has 3 nitrogen and oxygen atoms in total. The minimum atomic E-state index is -1.11. The van der Waals surface area contributed by atoms with Gasteiger partial charge in [0.2, 0.25) is 6.19 Å². The van der Waals surface area contributed by atoms with Gasteiger partial charge in [0.05, 0.1) is 8.07 Å². The highest BCUT2D eigenvalue weighted by atomic mass is 32.2. The van der Waals surface area contributed by atoms with Crippen molar-refractivity contribution in [1.29, 1.82) is 5.26 Å². The normalized spacial score (nSPS) is 12.5. The van der Waals surface area contributed by atoms with Crippen LogP contribution in [0, 0.1) is 11.5 Å². The van der Waals surface area contributed by atoms with Gasteiger partial charge in [-0.25, -0.2) is 0 Å². The van der Waals surface area contributed by atoms with Crippen LogP contribution in [0.25, 0.3) is 0 Å². The highest BCUT2D eigenvalue weighted by molar-refractivity contribution is 8.13. The first-order valence-corrected chi connectivity index (χ1v) is 9.06. The van der Waals surface area contributed by atoms with E-state index in [0.717, 1.165) is 11.3 Å². The third-order valence-electron chi connectivity index (χ3n) is 1.37. The van der Waals surface area contributed by atoms with Crippen LogP contribution in [0.3, 0.4) is 0 Å². The summed E-state index contributed by atoms with van der Waals surface area (Å²) in [4.78, 5) is 5.83. The molecule has 0 N–H and O–H groups in total. The van der Waals surface area contributed by atoms with Crippen molar-refractivity contribution in [3.8, 4) is 6.19 Å². The zero-order valence-electron chi connectivity index (χ0n) is 8.96. The van der Waals surface area contributed by atoms with Crippen LogP contribution in [0.15, 0.2) is 4.99 Å². The van der Waals surface area contributed by atoms with Crippen LogP contribution in [0.5, 0.6) is 0 Å². The Kier molecular flexibility index (Phi) is 5.11. The van der Waals surface area contributed by atoms with E-state index < -0.39 is 8.07 Å². The summed E-state index contributed by atoms with van der Waals surface area (Å²) in [6.45, 7) is 6.90. The molecule has 0 saturated carbocycles. The smallest absolute Gasteiger partial charge is 0.208 e. The molecule has 5 heteroatoms. The van der Waals surface area contributed by atoms with Crippen LogP contribution in [-0.4, -0.2) is 37.6 Å². The van der Waals surface area contributed by atoms with Gasteiger partial charge < -0.3 is 4.90 Å². The molecule has 0 rings (SSSR count). The van der Waals surface area contributed by atoms with Gasteiger partial charge in [0, 0.05) is 13.2 Å². The first-order chi connectivity index (χ1) is 5.90. The molecule has 0 unspecified atom stereocenters. The van der Waals surface area contributed by atoms with Gasteiger partial charge in [0.15, 0.2) is 5.17 Å². The Labute approximate surface area is 85.8 Å². The third kappa shape index (κ3) is 5.72. The van der Waals surface area contributed by atoms with Crippen molar-refractivity contribution in [1.82, 2.24) is 4.90 Å². The van der Waals surface area contributed by atoms with Gasteiger partial charge in [-0.05, 0) is 6.26 Å². The quantitative estimate of drug-likeness (QED) is 0.306. The fraction of sp³-hybridized carbons (Fsp3) is 0.750. The summed E-state index contributed by atoms with van der Waals surface area (Å²) in [5.74, 6) is 0. The maximum atomic E-state index is 8.45. The Hall–Kier alpha value is -0.473. The fourth-order valence-corrected chi connectivity index (χ4v) is 3.30. The number of hydrogen-bond donors (Lipinski definition) is 0. The van der Waals surface area contributed by atoms with Crippen LogP contribution in [0.2, 0.25) is 19.6 Å². The second kappa shape index (κ2) is 5.30. The van der Waals surface area contributed by atoms with Crippen molar-refractivity contribution >= 4 is 25.0 Å². The lowest BCUT2D eigenvalue weighted by atomic mass is 10.9. The molecule has 0 heterocycles. The summed E-state index contributed by atoms with van der Waals surface area (Å²) in [5.41, 5.74) is 0. The van der Waals surface area contributed by atoms with E-state index in [1.165, 1.54) is 11.8 Å². The number of aliphatic imine (C=N–C) groups is 1. The van der Waals surface area contributed by atoms with Crippen LogP contribution >= 0.6 is 11.8 Å². The van der Waals surface area contributed by atoms with Crippen LogP contribution in [0.4, 0.5) is 0 Å². The Balaban J connectivity index is 4.33. The first kappa shape index (κ1) is 12.5. The molecule has 0 saturated heterocycles. The molecule has 0 atom stereocenters. The first-order valence-electron chi connectivity index (χ1n) is 4.12. The molecule has 0 bridgehead atoms. The summed E-state index contributed by atoms with van der Waals surface area (Å²) in [6.07, 6.45) is 4.80. The van der Waals surface area contributed by atoms with E-state index in [0.29, 0.717) is 0 Å². The lowest BCUT2D eigenvalue weighted by molar-refractivity contribution is 0.594. The molecular formula is C8H17N3SSi. The molecule has 0 fully saturated rings.